The molecule has 1 rings (SSSR count). The average molecular weight is 185 g/mol. The van der Waals surface area contributed by atoms with E-state index in [2.05, 4.69) is 32.7 Å². The van der Waals surface area contributed by atoms with Gasteiger partial charge in [0.05, 0.1) is 6.10 Å². The smallest absolute Gasteiger partial charge is 0.0541 e. The van der Waals surface area contributed by atoms with Crippen molar-refractivity contribution in [2.45, 2.75) is 64.1 Å². The van der Waals surface area contributed by atoms with Crippen LogP contribution in [-0.4, -0.2) is 34.7 Å². The first-order valence-corrected chi connectivity index (χ1v) is 5.32. The lowest BCUT2D eigenvalue weighted by molar-refractivity contribution is 0.0455. The first-order valence-electron chi connectivity index (χ1n) is 5.32. The molecular weight excluding hydrogens is 162 g/mol. The molecule has 78 valence electrons. The van der Waals surface area contributed by atoms with Crippen LogP contribution in [0.25, 0.3) is 0 Å². The van der Waals surface area contributed by atoms with Crippen molar-refractivity contribution in [2.75, 3.05) is 7.05 Å². The minimum atomic E-state index is -0.0374. The first-order chi connectivity index (χ1) is 5.91. The summed E-state index contributed by atoms with van der Waals surface area (Å²) >= 11 is 0. The Morgan fingerprint density at radius 3 is 1.92 bits per heavy atom. The second-order valence-electron chi connectivity index (χ2n) is 5.24. The Kier molecular flexibility index (Phi) is 3.36. The van der Waals surface area contributed by atoms with Crippen molar-refractivity contribution in [3.05, 3.63) is 0 Å². The molecule has 1 N–H and O–H groups in total. The van der Waals surface area contributed by atoms with E-state index in [-0.39, 0.29) is 11.6 Å². The highest BCUT2D eigenvalue weighted by Gasteiger charge is 2.28. The van der Waals surface area contributed by atoms with Gasteiger partial charge in [-0.3, -0.25) is 4.90 Å². The monoisotopic (exact) mass is 185 g/mol. The van der Waals surface area contributed by atoms with Crippen LogP contribution in [0.1, 0.15) is 46.5 Å². The van der Waals surface area contributed by atoms with Crippen LogP contribution in [0.3, 0.4) is 0 Å². The summed E-state index contributed by atoms with van der Waals surface area (Å²) in [6.45, 7) is 6.74. The van der Waals surface area contributed by atoms with Gasteiger partial charge in [0.2, 0.25) is 0 Å². The summed E-state index contributed by atoms with van der Waals surface area (Å²) in [6, 6.07) is 0.670. The molecule has 0 amide bonds. The third-order valence-corrected chi connectivity index (χ3v) is 3.27. The molecule has 1 aliphatic rings. The van der Waals surface area contributed by atoms with E-state index in [0.29, 0.717) is 6.04 Å². The van der Waals surface area contributed by atoms with Crippen LogP contribution in [0.15, 0.2) is 0 Å². The zero-order valence-corrected chi connectivity index (χ0v) is 9.38. The quantitative estimate of drug-likeness (QED) is 0.675. The largest absolute Gasteiger partial charge is 0.393 e. The Labute approximate surface area is 81.9 Å². The Bertz CT molecular complexity index is 154. The van der Waals surface area contributed by atoms with Crippen LogP contribution in [0.4, 0.5) is 0 Å². The molecule has 0 aromatic carbocycles. The van der Waals surface area contributed by atoms with E-state index >= 15 is 0 Å². The fraction of sp³-hybridized carbons (Fsp3) is 1.00. The van der Waals surface area contributed by atoms with Crippen molar-refractivity contribution >= 4 is 0 Å². The van der Waals surface area contributed by atoms with Gasteiger partial charge in [-0.05, 0) is 53.5 Å². The molecule has 0 aromatic rings. The van der Waals surface area contributed by atoms with E-state index in [0.717, 1.165) is 25.7 Å². The average Bonchev–Trinajstić information content (AvgIpc) is 2.03. The Morgan fingerprint density at radius 2 is 1.54 bits per heavy atom. The Balaban J connectivity index is 2.45. The third-order valence-electron chi connectivity index (χ3n) is 3.27. The van der Waals surface area contributed by atoms with Crippen molar-refractivity contribution in [1.82, 2.24) is 4.90 Å². The first kappa shape index (κ1) is 11.0. The number of hydrogen-bond donors (Lipinski definition) is 1. The Morgan fingerprint density at radius 1 is 1.08 bits per heavy atom. The summed E-state index contributed by atoms with van der Waals surface area (Å²) in [5.74, 6) is 0. The molecule has 0 saturated heterocycles. The molecule has 1 aliphatic carbocycles. The van der Waals surface area contributed by atoms with Gasteiger partial charge in [0, 0.05) is 11.6 Å². The number of nitrogens with zero attached hydrogens (tertiary/aromatic N) is 1. The molecule has 0 spiro atoms. The number of aliphatic hydroxyl groups is 1. The van der Waals surface area contributed by atoms with Gasteiger partial charge >= 0.3 is 0 Å². The lowest BCUT2D eigenvalue weighted by atomic mass is 9.90. The normalized spacial score (nSPS) is 30.9. The van der Waals surface area contributed by atoms with E-state index in [9.17, 15) is 5.11 Å². The standard InChI is InChI=1S/C11H23NO/c1-11(2,3)12(4)9-5-7-10(13)8-6-9/h9-10,13H,5-8H2,1-4H3/t9-,10+. The second-order valence-corrected chi connectivity index (χ2v) is 5.24. The van der Waals surface area contributed by atoms with Gasteiger partial charge in [0.15, 0.2) is 0 Å². The van der Waals surface area contributed by atoms with E-state index in [4.69, 9.17) is 0 Å². The van der Waals surface area contributed by atoms with Gasteiger partial charge in [0.25, 0.3) is 0 Å². The van der Waals surface area contributed by atoms with Crippen molar-refractivity contribution in [2.24, 2.45) is 0 Å². The lowest BCUT2D eigenvalue weighted by Gasteiger charge is -2.41. The van der Waals surface area contributed by atoms with Crippen molar-refractivity contribution < 1.29 is 5.11 Å². The number of hydrogen-bond acceptors (Lipinski definition) is 2. The Hall–Kier alpha value is -0.0800. The van der Waals surface area contributed by atoms with Gasteiger partial charge in [0.1, 0.15) is 0 Å². The zero-order chi connectivity index (χ0) is 10.1. The molecule has 1 saturated carbocycles. The van der Waals surface area contributed by atoms with E-state index in [1.54, 1.807) is 0 Å². The summed E-state index contributed by atoms with van der Waals surface area (Å²) in [5.41, 5.74) is 0.257. The van der Waals surface area contributed by atoms with Crippen LogP contribution in [-0.2, 0) is 0 Å². The predicted molar refractivity (Wildman–Crippen MR) is 55.8 cm³/mol. The molecule has 0 unspecified atom stereocenters. The minimum Gasteiger partial charge on any atom is -0.393 e. The van der Waals surface area contributed by atoms with Gasteiger partial charge in [-0.1, -0.05) is 0 Å². The molecule has 0 heterocycles. The van der Waals surface area contributed by atoms with Gasteiger partial charge in [-0.15, -0.1) is 0 Å². The maximum absolute atomic E-state index is 9.39. The van der Waals surface area contributed by atoms with Crippen molar-refractivity contribution in [3.63, 3.8) is 0 Å². The summed E-state index contributed by atoms with van der Waals surface area (Å²) in [6.07, 6.45) is 4.21. The molecule has 0 aromatic heterocycles. The number of rotatable bonds is 1. The summed E-state index contributed by atoms with van der Waals surface area (Å²) in [4.78, 5) is 2.44. The predicted octanol–water partition coefficient (Wildman–Crippen LogP) is 2.02. The molecular formula is C11H23NO. The zero-order valence-electron chi connectivity index (χ0n) is 9.38. The third kappa shape index (κ3) is 2.96. The van der Waals surface area contributed by atoms with Crippen molar-refractivity contribution in [3.8, 4) is 0 Å². The highest BCUT2D eigenvalue weighted by atomic mass is 16.3. The highest BCUT2D eigenvalue weighted by molar-refractivity contribution is 4.84. The fourth-order valence-corrected chi connectivity index (χ4v) is 1.99. The van der Waals surface area contributed by atoms with E-state index in [1.165, 1.54) is 0 Å². The van der Waals surface area contributed by atoms with Crippen LogP contribution >= 0.6 is 0 Å². The molecule has 13 heavy (non-hydrogen) atoms. The minimum absolute atomic E-state index is 0.0374. The van der Waals surface area contributed by atoms with Gasteiger partial charge in [-0.25, -0.2) is 0 Å². The topological polar surface area (TPSA) is 23.5 Å². The van der Waals surface area contributed by atoms with Gasteiger partial charge < -0.3 is 5.11 Å². The SMILES string of the molecule is CN([C@H]1CC[C@@H](O)CC1)C(C)(C)C. The summed E-state index contributed by atoms with van der Waals surface area (Å²) in [5, 5.41) is 9.39. The molecule has 0 bridgehead atoms. The summed E-state index contributed by atoms with van der Waals surface area (Å²) in [7, 11) is 2.20. The maximum atomic E-state index is 9.39. The molecule has 2 nitrogen and oxygen atoms in total. The van der Waals surface area contributed by atoms with E-state index in [1.807, 2.05) is 0 Å². The fourth-order valence-electron chi connectivity index (χ4n) is 1.99. The summed E-state index contributed by atoms with van der Waals surface area (Å²) < 4.78 is 0. The van der Waals surface area contributed by atoms with Crippen LogP contribution in [0, 0.1) is 0 Å². The lowest BCUT2D eigenvalue weighted by Crippen LogP contribution is -2.47. The molecule has 0 aliphatic heterocycles. The van der Waals surface area contributed by atoms with Crippen LogP contribution in [0.5, 0.6) is 0 Å². The molecule has 0 atom stereocenters. The van der Waals surface area contributed by atoms with E-state index < -0.39 is 0 Å². The molecule has 1 fully saturated rings. The highest BCUT2D eigenvalue weighted by Crippen LogP contribution is 2.26. The number of aliphatic hydroxyl groups excluding tert-OH is 1. The van der Waals surface area contributed by atoms with Crippen LogP contribution in [0.2, 0.25) is 0 Å². The van der Waals surface area contributed by atoms with Crippen molar-refractivity contribution in [1.29, 1.82) is 0 Å². The second kappa shape index (κ2) is 3.97. The maximum Gasteiger partial charge on any atom is 0.0541 e. The molecule has 2 heteroatoms. The van der Waals surface area contributed by atoms with Crippen LogP contribution < -0.4 is 0 Å². The van der Waals surface area contributed by atoms with Gasteiger partial charge in [-0.2, -0.15) is 0 Å². The molecule has 0 radical (unpaired) electrons.